The summed E-state index contributed by atoms with van der Waals surface area (Å²) >= 11 is 6.22. The molecule has 4 nitrogen and oxygen atoms in total. The number of ether oxygens (including phenoxy) is 1. The molecule has 1 aromatic rings. The number of hydrogen-bond donors (Lipinski definition) is 2. The highest BCUT2D eigenvalue weighted by molar-refractivity contribution is 6.30. The summed E-state index contributed by atoms with van der Waals surface area (Å²) in [5.74, 6) is 0.891. The van der Waals surface area contributed by atoms with Crippen molar-refractivity contribution in [2.45, 2.75) is 38.5 Å². The van der Waals surface area contributed by atoms with Gasteiger partial charge in [0.05, 0.1) is 6.54 Å². The number of rotatable bonds is 6. The summed E-state index contributed by atoms with van der Waals surface area (Å²) in [4.78, 5) is 4.85. The van der Waals surface area contributed by atoms with Gasteiger partial charge in [0.15, 0.2) is 5.96 Å². The van der Waals surface area contributed by atoms with E-state index in [1.54, 1.807) is 0 Å². The molecule has 0 aromatic heterocycles. The van der Waals surface area contributed by atoms with E-state index in [-0.39, 0.29) is 5.41 Å². The fraction of sp³-hybridized carbons (Fsp3) is 0.611. The maximum atomic E-state index is 6.22. The number of guanidine groups is 1. The zero-order valence-electron chi connectivity index (χ0n) is 14.2. The average Bonchev–Trinajstić information content (AvgIpc) is 2.58. The van der Waals surface area contributed by atoms with Gasteiger partial charge in [0.1, 0.15) is 0 Å². The Morgan fingerprint density at radius 2 is 2.04 bits per heavy atom. The van der Waals surface area contributed by atoms with Crippen LogP contribution in [0.1, 0.15) is 38.7 Å². The smallest absolute Gasteiger partial charge is 0.191 e. The van der Waals surface area contributed by atoms with E-state index in [0.717, 1.165) is 63.1 Å². The van der Waals surface area contributed by atoms with Crippen molar-refractivity contribution in [1.29, 1.82) is 0 Å². The van der Waals surface area contributed by atoms with Crippen LogP contribution in [0.25, 0.3) is 0 Å². The third kappa shape index (κ3) is 5.11. The third-order valence-electron chi connectivity index (χ3n) is 4.31. The summed E-state index contributed by atoms with van der Waals surface area (Å²) in [6.07, 6.45) is 3.03. The SMILES string of the molecule is CCCNC(=NCC1(c2cccc(Cl)c2)CCOCC1)NCC. The van der Waals surface area contributed by atoms with Crippen molar-refractivity contribution in [3.63, 3.8) is 0 Å². The van der Waals surface area contributed by atoms with Crippen LogP contribution in [-0.4, -0.2) is 38.8 Å². The molecule has 0 bridgehead atoms. The first-order valence-electron chi connectivity index (χ1n) is 8.56. The minimum Gasteiger partial charge on any atom is -0.381 e. The molecule has 0 radical (unpaired) electrons. The van der Waals surface area contributed by atoms with Crippen LogP contribution in [0.15, 0.2) is 29.3 Å². The van der Waals surface area contributed by atoms with Crippen molar-refractivity contribution in [3.8, 4) is 0 Å². The molecule has 1 heterocycles. The van der Waals surface area contributed by atoms with Crippen LogP contribution in [0.3, 0.4) is 0 Å². The molecule has 1 aliphatic heterocycles. The van der Waals surface area contributed by atoms with Crippen LogP contribution in [0, 0.1) is 0 Å². The molecule has 1 aliphatic rings. The Morgan fingerprint density at radius 1 is 1.26 bits per heavy atom. The highest BCUT2D eigenvalue weighted by atomic mass is 35.5. The van der Waals surface area contributed by atoms with Crippen molar-refractivity contribution < 1.29 is 4.74 Å². The van der Waals surface area contributed by atoms with Gasteiger partial charge in [0.2, 0.25) is 0 Å². The summed E-state index contributed by atoms with van der Waals surface area (Å²) in [6.45, 7) is 8.34. The Labute approximate surface area is 144 Å². The monoisotopic (exact) mass is 337 g/mol. The Bertz CT molecular complexity index is 513. The van der Waals surface area contributed by atoms with E-state index in [9.17, 15) is 0 Å². The lowest BCUT2D eigenvalue weighted by Gasteiger charge is -2.36. The van der Waals surface area contributed by atoms with Gasteiger partial charge in [-0.1, -0.05) is 30.7 Å². The molecule has 2 N–H and O–H groups in total. The van der Waals surface area contributed by atoms with Crippen molar-refractivity contribution in [2.75, 3.05) is 32.8 Å². The number of halogens is 1. The molecule has 2 rings (SSSR count). The second kappa shape index (κ2) is 9.14. The quantitative estimate of drug-likeness (QED) is 0.618. The molecular weight excluding hydrogens is 310 g/mol. The van der Waals surface area contributed by atoms with Crippen LogP contribution in [0.2, 0.25) is 5.02 Å². The molecule has 0 spiro atoms. The lowest BCUT2D eigenvalue weighted by Crippen LogP contribution is -2.41. The average molecular weight is 338 g/mol. The van der Waals surface area contributed by atoms with E-state index < -0.39 is 0 Å². The van der Waals surface area contributed by atoms with Gasteiger partial charge >= 0.3 is 0 Å². The maximum absolute atomic E-state index is 6.22. The Balaban J connectivity index is 2.20. The number of nitrogens with one attached hydrogen (secondary N) is 2. The van der Waals surface area contributed by atoms with Crippen molar-refractivity contribution >= 4 is 17.6 Å². The fourth-order valence-electron chi connectivity index (χ4n) is 2.93. The summed E-state index contributed by atoms with van der Waals surface area (Å²) in [6, 6.07) is 8.20. The fourth-order valence-corrected chi connectivity index (χ4v) is 3.12. The third-order valence-corrected chi connectivity index (χ3v) is 4.55. The van der Waals surface area contributed by atoms with Gasteiger partial charge in [-0.15, -0.1) is 0 Å². The van der Waals surface area contributed by atoms with E-state index in [1.165, 1.54) is 5.56 Å². The summed E-state index contributed by atoms with van der Waals surface area (Å²) in [5.41, 5.74) is 1.28. The summed E-state index contributed by atoms with van der Waals surface area (Å²) < 4.78 is 5.58. The van der Waals surface area contributed by atoms with Gasteiger partial charge in [-0.25, -0.2) is 0 Å². The summed E-state index contributed by atoms with van der Waals surface area (Å²) in [5, 5.41) is 7.48. The van der Waals surface area contributed by atoms with Gasteiger partial charge in [-0.05, 0) is 43.9 Å². The molecule has 0 aliphatic carbocycles. The highest BCUT2D eigenvalue weighted by Gasteiger charge is 2.34. The van der Waals surface area contributed by atoms with E-state index in [4.69, 9.17) is 21.3 Å². The van der Waals surface area contributed by atoms with Crippen molar-refractivity contribution in [2.24, 2.45) is 4.99 Å². The predicted octanol–water partition coefficient (Wildman–Crippen LogP) is 3.35. The Morgan fingerprint density at radius 3 is 2.70 bits per heavy atom. The van der Waals surface area contributed by atoms with Gasteiger partial charge in [0.25, 0.3) is 0 Å². The largest absolute Gasteiger partial charge is 0.381 e. The van der Waals surface area contributed by atoms with Crippen LogP contribution < -0.4 is 10.6 Å². The van der Waals surface area contributed by atoms with Gasteiger partial charge < -0.3 is 15.4 Å². The van der Waals surface area contributed by atoms with E-state index in [1.807, 2.05) is 12.1 Å². The van der Waals surface area contributed by atoms with Crippen LogP contribution >= 0.6 is 11.6 Å². The minimum absolute atomic E-state index is 0.0116. The molecule has 1 saturated heterocycles. The molecule has 23 heavy (non-hydrogen) atoms. The molecule has 0 unspecified atom stereocenters. The van der Waals surface area contributed by atoms with Crippen LogP contribution in [0.4, 0.5) is 0 Å². The molecule has 1 aromatic carbocycles. The lowest BCUT2D eigenvalue weighted by molar-refractivity contribution is 0.0531. The number of aliphatic imine (C=N–C) groups is 1. The first kappa shape index (κ1) is 18.1. The topological polar surface area (TPSA) is 45.7 Å². The normalized spacial score (nSPS) is 17.8. The Hall–Kier alpha value is -1.26. The van der Waals surface area contributed by atoms with E-state index in [2.05, 4.69) is 36.6 Å². The van der Waals surface area contributed by atoms with Gasteiger partial charge in [0, 0.05) is 36.7 Å². The number of nitrogens with zero attached hydrogens (tertiary/aromatic N) is 1. The predicted molar refractivity (Wildman–Crippen MR) is 97.5 cm³/mol. The molecular formula is C18H28ClN3O. The van der Waals surface area contributed by atoms with E-state index in [0.29, 0.717) is 0 Å². The first-order valence-corrected chi connectivity index (χ1v) is 8.94. The molecule has 0 atom stereocenters. The molecule has 128 valence electrons. The molecule has 0 amide bonds. The zero-order chi connectivity index (χ0) is 16.5. The second-order valence-electron chi connectivity index (χ2n) is 6.02. The number of hydrogen-bond acceptors (Lipinski definition) is 2. The first-order chi connectivity index (χ1) is 11.2. The highest BCUT2D eigenvalue weighted by Crippen LogP contribution is 2.36. The molecule has 5 heteroatoms. The maximum Gasteiger partial charge on any atom is 0.191 e. The molecule has 0 saturated carbocycles. The van der Waals surface area contributed by atoms with Crippen LogP contribution in [-0.2, 0) is 10.2 Å². The second-order valence-corrected chi connectivity index (χ2v) is 6.46. The zero-order valence-corrected chi connectivity index (χ0v) is 15.0. The van der Waals surface area contributed by atoms with Crippen molar-refractivity contribution in [3.05, 3.63) is 34.9 Å². The van der Waals surface area contributed by atoms with Gasteiger partial charge in [-0.2, -0.15) is 0 Å². The van der Waals surface area contributed by atoms with Crippen LogP contribution in [0.5, 0.6) is 0 Å². The van der Waals surface area contributed by atoms with Crippen molar-refractivity contribution in [1.82, 2.24) is 10.6 Å². The van der Waals surface area contributed by atoms with Gasteiger partial charge in [-0.3, -0.25) is 4.99 Å². The number of benzene rings is 1. The minimum atomic E-state index is 0.0116. The van der Waals surface area contributed by atoms with E-state index >= 15 is 0 Å². The lowest BCUT2D eigenvalue weighted by atomic mass is 9.74. The Kier molecular flexibility index (Phi) is 7.18. The summed E-state index contributed by atoms with van der Waals surface area (Å²) in [7, 11) is 0. The molecule has 1 fully saturated rings. The standard InChI is InChI=1S/C18H28ClN3O/c1-3-10-21-17(20-4-2)22-14-18(8-11-23-12-9-18)15-6-5-7-16(19)13-15/h5-7,13H,3-4,8-12,14H2,1-2H3,(H2,20,21,22).